The van der Waals surface area contributed by atoms with E-state index in [2.05, 4.69) is 0 Å². The largest absolute Gasteiger partial charge is 0.497 e. The van der Waals surface area contributed by atoms with Gasteiger partial charge in [-0.3, -0.25) is 0 Å². The summed E-state index contributed by atoms with van der Waals surface area (Å²) in [5.41, 5.74) is 2.32. The van der Waals surface area contributed by atoms with Crippen molar-refractivity contribution in [2.24, 2.45) is 5.92 Å². The Morgan fingerprint density at radius 3 is 3.25 bits per heavy atom. The molecule has 108 valence electrons. The zero-order valence-electron chi connectivity index (χ0n) is 17.7. The lowest BCUT2D eigenvalue weighted by Gasteiger charge is -2.58. The van der Waals surface area contributed by atoms with Gasteiger partial charge in [0.15, 0.2) is 0 Å². The monoisotopic (exact) mass is 277 g/mol. The Hall–Kier alpha value is -1.02. The normalized spacial score (nSPS) is 41.8. The number of ether oxygens (including phenoxy) is 1. The van der Waals surface area contributed by atoms with Gasteiger partial charge in [-0.25, -0.2) is 0 Å². The van der Waals surface area contributed by atoms with Crippen molar-refractivity contribution in [3.8, 4) is 5.75 Å². The lowest BCUT2D eigenvalue weighted by Crippen LogP contribution is -2.59. The van der Waals surface area contributed by atoms with Gasteiger partial charge in [0.2, 0.25) is 0 Å². The molecular formula is C18H25NO. The highest BCUT2D eigenvalue weighted by Gasteiger charge is 2.53. The first-order chi connectivity index (χ1) is 12.1. The molecule has 3 aliphatic rings. The molecule has 1 aromatic carbocycles. The molecule has 4 rings (SSSR count). The Morgan fingerprint density at radius 1 is 1.35 bits per heavy atom. The molecule has 2 bridgehead atoms. The fourth-order valence-electron chi connectivity index (χ4n) is 5.05. The van der Waals surface area contributed by atoms with E-state index in [1.807, 2.05) is 12.1 Å². The van der Waals surface area contributed by atoms with Crippen LogP contribution in [0.3, 0.4) is 0 Å². The van der Waals surface area contributed by atoms with Crippen LogP contribution in [0.4, 0.5) is 0 Å². The van der Waals surface area contributed by atoms with E-state index in [0.29, 0.717) is 24.6 Å². The number of benzene rings is 1. The number of nitrogens with zero attached hydrogens (tertiary/aromatic N) is 1. The first-order valence-corrected chi connectivity index (χ1v) is 7.69. The molecule has 1 aromatic rings. The zero-order chi connectivity index (χ0) is 18.7. The maximum atomic E-state index is 7.95. The summed E-state index contributed by atoms with van der Waals surface area (Å²) in [6.45, 7) is -1.49. The zero-order valence-corrected chi connectivity index (χ0v) is 11.7. The molecule has 1 aliphatic heterocycles. The smallest absolute Gasteiger partial charge is 0.119 e. The molecule has 0 spiro atoms. The van der Waals surface area contributed by atoms with Crippen LogP contribution in [0.25, 0.3) is 0 Å². The fraction of sp³-hybridized carbons (Fsp3) is 0.667. The quantitative estimate of drug-likeness (QED) is 0.780. The van der Waals surface area contributed by atoms with Gasteiger partial charge in [0.1, 0.15) is 5.75 Å². The summed E-state index contributed by atoms with van der Waals surface area (Å²) in [5, 5.41) is 0. The van der Waals surface area contributed by atoms with Crippen molar-refractivity contribution in [1.82, 2.24) is 4.90 Å². The number of fused-ring (bicyclic) bond motifs is 1. The molecule has 1 saturated carbocycles. The van der Waals surface area contributed by atoms with E-state index in [9.17, 15) is 0 Å². The fourth-order valence-corrected chi connectivity index (χ4v) is 5.05. The van der Waals surface area contributed by atoms with Crippen molar-refractivity contribution >= 4 is 0 Å². The van der Waals surface area contributed by atoms with Crippen LogP contribution in [0.1, 0.15) is 51.5 Å². The predicted molar refractivity (Wildman–Crippen MR) is 81.4 cm³/mol. The molecule has 2 fully saturated rings. The van der Waals surface area contributed by atoms with Crippen LogP contribution in [0.5, 0.6) is 5.75 Å². The van der Waals surface area contributed by atoms with Crippen LogP contribution in [-0.4, -0.2) is 31.5 Å². The molecule has 2 heteroatoms. The summed E-state index contributed by atoms with van der Waals surface area (Å²) in [5.74, 6) is 0.708. The van der Waals surface area contributed by atoms with Crippen LogP contribution in [0.15, 0.2) is 18.2 Å². The standard InChI is InChI=1S/C18H25NO/c1-19-10-9-18-8-4-3-5-15(18)17(19)11-13-6-7-14(20-2)12-16(13)18/h6-7,12,15,17H,3-5,8-11H2,1-2H3/t15?,17-,18-/m0/s1/i1D3,2D3. The van der Waals surface area contributed by atoms with E-state index < -0.39 is 14.0 Å². The number of hydrogen-bond acceptors (Lipinski definition) is 2. The highest BCUT2D eigenvalue weighted by Crippen LogP contribution is 2.55. The third kappa shape index (κ3) is 1.60. The number of hydrogen-bond donors (Lipinski definition) is 0. The lowest BCUT2D eigenvalue weighted by molar-refractivity contribution is 0.00274. The van der Waals surface area contributed by atoms with Crippen LogP contribution < -0.4 is 4.74 Å². The first-order valence-electron chi connectivity index (χ1n) is 10.7. The van der Waals surface area contributed by atoms with Crippen LogP contribution >= 0.6 is 0 Å². The van der Waals surface area contributed by atoms with E-state index in [0.717, 1.165) is 37.7 Å². The molecule has 2 aliphatic carbocycles. The Balaban J connectivity index is 1.78. The number of piperidine rings is 1. The van der Waals surface area contributed by atoms with E-state index in [-0.39, 0.29) is 11.5 Å². The van der Waals surface area contributed by atoms with Gasteiger partial charge < -0.3 is 9.64 Å². The molecule has 0 amide bonds. The summed E-state index contributed by atoms with van der Waals surface area (Å²) in [7, 11) is -2.46. The van der Waals surface area contributed by atoms with Gasteiger partial charge >= 0.3 is 0 Å². The minimum absolute atomic E-state index is 0.0354. The third-order valence-corrected chi connectivity index (χ3v) is 5.93. The van der Waals surface area contributed by atoms with Gasteiger partial charge in [-0.15, -0.1) is 0 Å². The maximum Gasteiger partial charge on any atom is 0.119 e. The lowest BCUT2D eigenvalue weighted by atomic mass is 9.52. The average Bonchev–Trinajstić information content (AvgIpc) is 2.53. The van der Waals surface area contributed by atoms with Crippen molar-refractivity contribution in [3.63, 3.8) is 0 Å². The van der Waals surface area contributed by atoms with Gasteiger partial charge in [0, 0.05) is 15.6 Å². The molecular weight excluding hydrogens is 246 g/mol. The third-order valence-electron chi connectivity index (χ3n) is 5.93. The van der Waals surface area contributed by atoms with E-state index in [1.165, 1.54) is 5.56 Å². The Kier molecular flexibility index (Phi) is 1.76. The van der Waals surface area contributed by atoms with E-state index in [1.54, 1.807) is 11.0 Å². The van der Waals surface area contributed by atoms with Gasteiger partial charge in [-0.05, 0) is 68.4 Å². The second-order valence-corrected chi connectivity index (χ2v) is 6.64. The second kappa shape index (κ2) is 4.49. The van der Waals surface area contributed by atoms with Gasteiger partial charge in [0.05, 0.1) is 11.2 Å². The Morgan fingerprint density at radius 2 is 2.35 bits per heavy atom. The molecule has 0 aromatic heterocycles. The molecule has 1 saturated heterocycles. The van der Waals surface area contributed by atoms with Crippen LogP contribution in [-0.2, 0) is 11.8 Å². The van der Waals surface area contributed by atoms with Crippen molar-refractivity contribution in [2.75, 3.05) is 20.6 Å². The molecule has 2 nitrogen and oxygen atoms in total. The summed E-state index contributed by atoms with van der Waals surface area (Å²) in [4.78, 5) is 1.73. The number of likely N-dealkylation sites (tertiary alicyclic amines) is 1. The van der Waals surface area contributed by atoms with E-state index in [4.69, 9.17) is 13.0 Å². The molecule has 1 unspecified atom stereocenters. The SMILES string of the molecule is [2H]C([2H])([2H])Oc1ccc2c(c1)[C@]13CCCCC1[C@H](C2)N(C([2H])([2H])[2H])CC3. The van der Waals surface area contributed by atoms with Gasteiger partial charge in [0.25, 0.3) is 0 Å². The highest BCUT2D eigenvalue weighted by atomic mass is 16.5. The van der Waals surface area contributed by atoms with Crippen molar-refractivity contribution in [2.45, 2.75) is 50.0 Å². The molecule has 0 radical (unpaired) electrons. The van der Waals surface area contributed by atoms with Crippen LogP contribution in [0.2, 0.25) is 0 Å². The maximum absolute atomic E-state index is 7.95. The van der Waals surface area contributed by atoms with Crippen molar-refractivity contribution in [3.05, 3.63) is 29.3 Å². The van der Waals surface area contributed by atoms with E-state index >= 15 is 0 Å². The predicted octanol–water partition coefficient (Wildman–Crippen LogP) is 3.38. The molecule has 1 heterocycles. The Bertz CT molecular complexity index is 700. The minimum Gasteiger partial charge on any atom is -0.497 e. The number of rotatable bonds is 1. The Labute approximate surface area is 130 Å². The van der Waals surface area contributed by atoms with Crippen molar-refractivity contribution in [1.29, 1.82) is 0 Å². The topological polar surface area (TPSA) is 12.5 Å². The average molecular weight is 277 g/mol. The second-order valence-electron chi connectivity index (χ2n) is 6.64. The van der Waals surface area contributed by atoms with Gasteiger partial charge in [-0.2, -0.15) is 0 Å². The highest BCUT2D eigenvalue weighted by molar-refractivity contribution is 5.45. The van der Waals surface area contributed by atoms with Crippen LogP contribution in [0, 0.1) is 5.92 Å². The summed E-state index contributed by atoms with van der Waals surface area (Å²) < 4.78 is 51.1. The molecule has 20 heavy (non-hydrogen) atoms. The summed E-state index contributed by atoms with van der Waals surface area (Å²) in [6.07, 6.45) is 5.90. The molecule has 0 N–H and O–H groups in total. The molecule has 3 atom stereocenters. The van der Waals surface area contributed by atoms with Gasteiger partial charge in [-0.1, -0.05) is 18.9 Å². The summed E-state index contributed by atoms with van der Waals surface area (Å²) >= 11 is 0. The number of likely N-dealkylation sites (N-methyl/N-ethyl adjacent to an activating group) is 1. The minimum atomic E-state index is -2.46. The first kappa shape index (κ1) is 7.84. The summed E-state index contributed by atoms with van der Waals surface area (Å²) in [6, 6.07) is 5.61. The van der Waals surface area contributed by atoms with Crippen molar-refractivity contribution < 1.29 is 13.0 Å². The number of methoxy groups -OCH3 is 1.